The zero-order valence-electron chi connectivity index (χ0n) is 11.2. The van der Waals surface area contributed by atoms with E-state index in [-0.39, 0.29) is 0 Å². The van der Waals surface area contributed by atoms with Gasteiger partial charge in [-0.1, -0.05) is 7.92 Å². The molecule has 0 saturated carbocycles. The standard InChI is InChI=1S/C17H10F4P/c18-11-5-12(19)8-16(7-11)22(15-3-1-2-4-15)17-9-13(20)6-14(21)10-17/h1-10H/q-1. The Morgan fingerprint density at radius 3 is 1.45 bits per heavy atom. The Morgan fingerprint density at radius 1 is 0.636 bits per heavy atom. The lowest BCUT2D eigenvalue weighted by Crippen LogP contribution is -2.21. The van der Waals surface area contributed by atoms with E-state index in [4.69, 9.17) is 0 Å². The van der Waals surface area contributed by atoms with Crippen LogP contribution in [0.25, 0.3) is 0 Å². The molecule has 0 saturated heterocycles. The molecular formula is C17H10F4P-. The molecule has 0 N–H and O–H groups in total. The topological polar surface area (TPSA) is 0 Å². The van der Waals surface area contributed by atoms with Crippen molar-refractivity contribution in [3.05, 3.63) is 83.9 Å². The van der Waals surface area contributed by atoms with Gasteiger partial charge in [-0.3, -0.25) is 0 Å². The van der Waals surface area contributed by atoms with E-state index in [0.717, 1.165) is 17.4 Å². The van der Waals surface area contributed by atoms with E-state index in [1.807, 2.05) is 0 Å². The van der Waals surface area contributed by atoms with Gasteiger partial charge in [-0.15, -0.1) is 0 Å². The third-order valence-electron chi connectivity index (χ3n) is 3.11. The third-order valence-corrected chi connectivity index (χ3v) is 5.48. The van der Waals surface area contributed by atoms with Crippen molar-refractivity contribution in [1.29, 1.82) is 0 Å². The first-order chi connectivity index (χ1) is 10.5. The average Bonchev–Trinajstić information content (AvgIpc) is 2.90. The van der Waals surface area contributed by atoms with Crippen LogP contribution in [0.1, 0.15) is 0 Å². The summed E-state index contributed by atoms with van der Waals surface area (Å²) in [6, 6.07) is 13.4. The maximum Gasteiger partial charge on any atom is 0.126 e. The highest BCUT2D eigenvalue weighted by Crippen LogP contribution is 2.34. The van der Waals surface area contributed by atoms with Crippen molar-refractivity contribution in [2.24, 2.45) is 0 Å². The summed E-state index contributed by atoms with van der Waals surface area (Å²) in [4.78, 5) is 0. The van der Waals surface area contributed by atoms with E-state index in [0.29, 0.717) is 10.6 Å². The van der Waals surface area contributed by atoms with Crippen molar-refractivity contribution in [2.45, 2.75) is 0 Å². The fourth-order valence-electron chi connectivity index (χ4n) is 2.30. The van der Waals surface area contributed by atoms with Crippen LogP contribution in [0.2, 0.25) is 0 Å². The van der Waals surface area contributed by atoms with Gasteiger partial charge < -0.3 is 0 Å². The Morgan fingerprint density at radius 2 is 1.09 bits per heavy atom. The molecule has 3 rings (SSSR count). The van der Waals surface area contributed by atoms with Crippen LogP contribution in [-0.4, -0.2) is 0 Å². The molecule has 0 nitrogen and oxygen atoms in total. The Balaban J connectivity index is 2.20. The summed E-state index contributed by atoms with van der Waals surface area (Å²) in [7, 11) is -1.43. The van der Waals surface area contributed by atoms with Crippen molar-refractivity contribution in [1.82, 2.24) is 0 Å². The van der Waals surface area contributed by atoms with Crippen molar-refractivity contribution in [3.8, 4) is 0 Å². The highest BCUT2D eigenvalue weighted by Gasteiger charge is 2.15. The summed E-state index contributed by atoms with van der Waals surface area (Å²) in [6.07, 6.45) is 0. The smallest absolute Gasteiger partial charge is 0.126 e. The maximum absolute atomic E-state index is 13.5. The minimum Gasteiger partial charge on any atom is -0.207 e. The molecule has 3 aromatic rings. The van der Waals surface area contributed by atoms with Gasteiger partial charge >= 0.3 is 0 Å². The molecule has 112 valence electrons. The first-order valence-corrected chi connectivity index (χ1v) is 7.81. The lowest BCUT2D eigenvalue weighted by molar-refractivity contribution is 0.585. The SMILES string of the molecule is Fc1cc(F)cc(P(c2cc[cH-]c2)c2cc(F)cc(F)c2)c1. The second-order valence-electron chi connectivity index (χ2n) is 4.73. The Bertz CT molecular complexity index is 704. The van der Waals surface area contributed by atoms with Crippen LogP contribution in [0.4, 0.5) is 17.6 Å². The molecule has 0 aromatic heterocycles. The lowest BCUT2D eigenvalue weighted by Gasteiger charge is -2.23. The average molecular weight is 321 g/mol. The van der Waals surface area contributed by atoms with Crippen LogP contribution in [0.3, 0.4) is 0 Å². The maximum atomic E-state index is 13.5. The van der Waals surface area contributed by atoms with Gasteiger partial charge in [0.2, 0.25) is 0 Å². The quantitative estimate of drug-likeness (QED) is 0.392. The molecule has 0 fully saturated rings. The summed E-state index contributed by atoms with van der Waals surface area (Å²) in [5, 5.41) is 1.50. The number of rotatable bonds is 3. The minimum atomic E-state index is -1.43. The molecule has 0 aliphatic heterocycles. The number of hydrogen-bond acceptors (Lipinski definition) is 0. The Kier molecular flexibility index (Phi) is 4.04. The van der Waals surface area contributed by atoms with Crippen molar-refractivity contribution in [2.75, 3.05) is 0 Å². The van der Waals surface area contributed by atoms with E-state index in [2.05, 4.69) is 0 Å². The van der Waals surface area contributed by atoms with E-state index in [1.54, 1.807) is 24.3 Å². The van der Waals surface area contributed by atoms with Crippen molar-refractivity contribution in [3.63, 3.8) is 0 Å². The zero-order chi connectivity index (χ0) is 15.7. The first-order valence-electron chi connectivity index (χ1n) is 6.47. The monoisotopic (exact) mass is 321 g/mol. The van der Waals surface area contributed by atoms with Gasteiger partial charge in [0.15, 0.2) is 0 Å². The molecule has 0 aliphatic rings. The molecular weight excluding hydrogens is 311 g/mol. The Labute approximate surface area is 126 Å². The number of benzene rings is 2. The molecule has 0 spiro atoms. The molecule has 0 unspecified atom stereocenters. The van der Waals surface area contributed by atoms with Crippen LogP contribution >= 0.6 is 7.92 Å². The van der Waals surface area contributed by atoms with Crippen LogP contribution in [-0.2, 0) is 0 Å². The molecule has 0 radical (unpaired) electrons. The molecule has 0 amide bonds. The largest absolute Gasteiger partial charge is 0.207 e. The summed E-state index contributed by atoms with van der Waals surface area (Å²) >= 11 is 0. The van der Waals surface area contributed by atoms with Crippen molar-refractivity contribution >= 4 is 23.8 Å². The molecule has 0 atom stereocenters. The summed E-state index contributed by atoms with van der Waals surface area (Å²) in [5.41, 5.74) is 0. The molecule has 0 aliphatic carbocycles. The van der Waals surface area contributed by atoms with Crippen LogP contribution in [0, 0.1) is 23.3 Å². The predicted molar refractivity (Wildman–Crippen MR) is 80.6 cm³/mol. The fourth-order valence-corrected chi connectivity index (χ4v) is 4.67. The third kappa shape index (κ3) is 3.07. The van der Waals surface area contributed by atoms with E-state index < -0.39 is 31.2 Å². The molecule has 0 bridgehead atoms. The van der Waals surface area contributed by atoms with E-state index in [9.17, 15) is 17.6 Å². The summed E-state index contributed by atoms with van der Waals surface area (Å²) < 4.78 is 54.1. The molecule has 5 heteroatoms. The second-order valence-corrected chi connectivity index (χ2v) is 6.95. The fraction of sp³-hybridized carbons (Fsp3) is 0. The predicted octanol–water partition coefficient (Wildman–Crippen LogP) is 3.72. The first kappa shape index (κ1) is 14.9. The summed E-state index contributed by atoms with van der Waals surface area (Å²) in [5.74, 6) is -2.87. The normalized spacial score (nSPS) is 11.1. The van der Waals surface area contributed by atoms with Crippen LogP contribution in [0.15, 0.2) is 60.7 Å². The second kappa shape index (κ2) is 5.98. The molecule has 22 heavy (non-hydrogen) atoms. The van der Waals surface area contributed by atoms with Crippen LogP contribution in [0.5, 0.6) is 0 Å². The van der Waals surface area contributed by atoms with Gasteiger partial charge in [0.25, 0.3) is 0 Å². The van der Waals surface area contributed by atoms with E-state index in [1.165, 1.54) is 24.3 Å². The van der Waals surface area contributed by atoms with Gasteiger partial charge in [0.1, 0.15) is 23.3 Å². The van der Waals surface area contributed by atoms with Gasteiger partial charge in [-0.05, 0) is 34.9 Å². The van der Waals surface area contributed by atoms with Gasteiger partial charge in [0.05, 0.1) is 0 Å². The highest BCUT2D eigenvalue weighted by atomic mass is 31.1. The zero-order valence-corrected chi connectivity index (χ0v) is 12.1. The van der Waals surface area contributed by atoms with Gasteiger partial charge in [-0.25, -0.2) is 23.6 Å². The Hall–Kier alpha value is -2.06. The molecule has 3 aromatic carbocycles. The number of hydrogen-bond donors (Lipinski definition) is 0. The number of halogens is 4. The van der Waals surface area contributed by atoms with Gasteiger partial charge in [-0.2, -0.15) is 23.5 Å². The highest BCUT2D eigenvalue weighted by molar-refractivity contribution is 7.79. The van der Waals surface area contributed by atoms with Crippen molar-refractivity contribution < 1.29 is 17.6 Å². The lowest BCUT2D eigenvalue weighted by atomic mass is 10.3. The van der Waals surface area contributed by atoms with Crippen LogP contribution < -0.4 is 15.9 Å². The molecule has 0 heterocycles. The van der Waals surface area contributed by atoms with E-state index >= 15 is 0 Å². The minimum absolute atomic E-state index is 0.365. The summed E-state index contributed by atoms with van der Waals surface area (Å²) in [6.45, 7) is 0. The van der Waals surface area contributed by atoms with Gasteiger partial charge in [0, 0.05) is 12.1 Å².